The SMILES string of the molecule is CCC1CCCCN1C(=O)NCCS(=O)(=O)c1ccccc1. The molecule has 0 saturated carbocycles. The molecule has 1 N–H and O–H groups in total. The molecule has 1 heterocycles. The fraction of sp³-hybridized carbons (Fsp3) is 0.562. The van der Waals surface area contributed by atoms with Crippen LogP contribution in [0.15, 0.2) is 35.2 Å². The summed E-state index contributed by atoms with van der Waals surface area (Å²) in [6.07, 6.45) is 4.15. The van der Waals surface area contributed by atoms with E-state index < -0.39 is 9.84 Å². The molecule has 1 atom stereocenters. The zero-order chi connectivity index (χ0) is 16.0. The Morgan fingerprint density at radius 2 is 2.00 bits per heavy atom. The maximum atomic E-state index is 12.2. The van der Waals surface area contributed by atoms with Crippen LogP contribution in [0.1, 0.15) is 32.6 Å². The number of piperidine rings is 1. The number of rotatable bonds is 5. The molecule has 0 spiro atoms. The third kappa shape index (κ3) is 4.22. The lowest BCUT2D eigenvalue weighted by atomic mass is 10.0. The van der Waals surface area contributed by atoms with Crippen LogP contribution in [0.25, 0.3) is 0 Å². The van der Waals surface area contributed by atoms with E-state index in [0.29, 0.717) is 4.90 Å². The predicted octanol–water partition coefficient (Wildman–Crippen LogP) is 2.43. The number of likely N-dealkylation sites (tertiary alicyclic amines) is 1. The zero-order valence-electron chi connectivity index (χ0n) is 13.0. The number of amides is 2. The molecule has 5 nitrogen and oxygen atoms in total. The van der Waals surface area contributed by atoms with Gasteiger partial charge in [0.25, 0.3) is 0 Å². The molecule has 0 bridgehead atoms. The molecule has 22 heavy (non-hydrogen) atoms. The quantitative estimate of drug-likeness (QED) is 0.904. The van der Waals surface area contributed by atoms with Crippen LogP contribution < -0.4 is 5.32 Å². The molecular formula is C16H24N2O3S. The van der Waals surface area contributed by atoms with Crippen LogP contribution in [0.2, 0.25) is 0 Å². The van der Waals surface area contributed by atoms with Crippen LogP contribution in [0.5, 0.6) is 0 Å². The van der Waals surface area contributed by atoms with Crippen molar-refractivity contribution < 1.29 is 13.2 Å². The number of hydrogen-bond acceptors (Lipinski definition) is 3. The van der Waals surface area contributed by atoms with Crippen molar-refractivity contribution in [3.8, 4) is 0 Å². The van der Waals surface area contributed by atoms with Crippen LogP contribution in [0.3, 0.4) is 0 Å². The zero-order valence-corrected chi connectivity index (χ0v) is 13.8. The summed E-state index contributed by atoms with van der Waals surface area (Å²) in [6, 6.07) is 8.47. The minimum atomic E-state index is -3.34. The summed E-state index contributed by atoms with van der Waals surface area (Å²) in [5, 5.41) is 2.75. The molecule has 1 saturated heterocycles. The molecular weight excluding hydrogens is 300 g/mol. The highest BCUT2D eigenvalue weighted by Crippen LogP contribution is 2.19. The van der Waals surface area contributed by atoms with Gasteiger partial charge in [-0.2, -0.15) is 0 Å². The minimum Gasteiger partial charge on any atom is -0.337 e. The molecule has 1 aliphatic rings. The monoisotopic (exact) mass is 324 g/mol. The summed E-state index contributed by atoms with van der Waals surface area (Å²) in [7, 11) is -3.34. The molecule has 1 aromatic rings. The Labute approximate surface area is 132 Å². The van der Waals surface area contributed by atoms with Crippen LogP contribution in [0.4, 0.5) is 4.79 Å². The third-order valence-corrected chi connectivity index (χ3v) is 5.84. The fourth-order valence-electron chi connectivity index (χ4n) is 2.83. The maximum Gasteiger partial charge on any atom is 0.317 e. The van der Waals surface area contributed by atoms with E-state index in [-0.39, 0.29) is 24.4 Å². The molecule has 1 fully saturated rings. The van der Waals surface area contributed by atoms with Gasteiger partial charge in [0.2, 0.25) is 0 Å². The molecule has 1 aliphatic heterocycles. The summed E-state index contributed by atoms with van der Waals surface area (Å²) in [4.78, 5) is 14.4. The van der Waals surface area contributed by atoms with Crippen molar-refractivity contribution in [2.75, 3.05) is 18.8 Å². The van der Waals surface area contributed by atoms with Gasteiger partial charge in [0.05, 0.1) is 10.6 Å². The smallest absolute Gasteiger partial charge is 0.317 e. The lowest BCUT2D eigenvalue weighted by Gasteiger charge is -2.35. The van der Waals surface area contributed by atoms with E-state index in [1.165, 1.54) is 0 Å². The maximum absolute atomic E-state index is 12.2. The summed E-state index contributed by atoms with van der Waals surface area (Å²) in [5.74, 6) is -0.0760. The number of carbonyl (C=O) groups is 1. The highest BCUT2D eigenvalue weighted by atomic mass is 32.2. The van der Waals surface area contributed by atoms with Gasteiger partial charge in [0.15, 0.2) is 9.84 Å². The number of benzene rings is 1. The van der Waals surface area contributed by atoms with E-state index in [2.05, 4.69) is 12.2 Å². The highest BCUT2D eigenvalue weighted by Gasteiger charge is 2.25. The average Bonchev–Trinajstić information content (AvgIpc) is 2.55. The Kier molecular flexibility index (Phi) is 5.83. The first-order valence-electron chi connectivity index (χ1n) is 7.87. The van der Waals surface area contributed by atoms with Crippen molar-refractivity contribution in [3.63, 3.8) is 0 Å². The summed E-state index contributed by atoms with van der Waals surface area (Å²) in [6.45, 7) is 2.98. The largest absolute Gasteiger partial charge is 0.337 e. The van der Waals surface area contributed by atoms with Gasteiger partial charge in [0.1, 0.15) is 0 Å². The number of carbonyl (C=O) groups excluding carboxylic acids is 1. The number of nitrogens with one attached hydrogen (secondary N) is 1. The van der Waals surface area contributed by atoms with E-state index >= 15 is 0 Å². The third-order valence-electron chi connectivity index (χ3n) is 4.11. The highest BCUT2D eigenvalue weighted by molar-refractivity contribution is 7.91. The second kappa shape index (κ2) is 7.63. The van der Waals surface area contributed by atoms with Gasteiger partial charge in [-0.15, -0.1) is 0 Å². The normalized spacial score (nSPS) is 19.0. The summed E-state index contributed by atoms with van der Waals surface area (Å²) >= 11 is 0. The molecule has 1 aromatic carbocycles. The second-order valence-electron chi connectivity index (χ2n) is 5.62. The standard InChI is InChI=1S/C16H24N2O3S/c1-2-14-8-6-7-12-18(14)16(19)17-11-13-22(20,21)15-9-4-3-5-10-15/h3-5,9-10,14H,2,6-8,11-13H2,1H3,(H,17,19). The molecule has 2 amide bonds. The molecule has 1 unspecified atom stereocenters. The molecule has 0 aliphatic carbocycles. The van der Waals surface area contributed by atoms with E-state index in [1.54, 1.807) is 30.3 Å². The lowest BCUT2D eigenvalue weighted by Crippen LogP contribution is -2.49. The summed E-state index contributed by atoms with van der Waals surface area (Å²) in [5.41, 5.74) is 0. The number of urea groups is 1. The first-order valence-corrected chi connectivity index (χ1v) is 9.52. The molecule has 2 rings (SSSR count). The van der Waals surface area contributed by atoms with E-state index in [0.717, 1.165) is 32.2 Å². The van der Waals surface area contributed by atoms with Crippen LogP contribution in [-0.2, 0) is 9.84 Å². The van der Waals surface area contributed by atoms with Crippen molar-refractivity contribution in [1.29, 1.82) is 0 Å². The van der Waals surface area contributed by atoms with Crippen molar-refractivity contribution >= 4 is 15.9 Å². The van der Waals surface area contributed by atoms with Gasteiger partial charge < -0.3 is 10.2 Å². The van der Waals surface area contributed by atoms with Gasteiger partial charge >= 0.3 is 6.03 Å². The van der Waals surface area contributed by atoms with Crippen LogP contribution >= 0.6 is 0 Å². The topological polar surface area (TPSA) is 66.5 Å². The second-order valence-corrected chi connectivity index (χ2v) is 7.72. The number of hydrogen-bond donors (Lipinski definition) is 1. The fourth-order valence-corrected chi connectivity index (χ4v) is 4.01. The Morgan fingerprint density at radius 1 is 1.27 bits per heavy atom. The van der Waals surface area contributed by atoms with E-state index in [4.69, 9.17) is 0 Å². The first kappa shape index (κ1) is 16.8. The van der Waals surface area contributed by atoms with E-state index in [9.17, 15) is 13.2 Å². The Bertz CT molecular complexity index is 587. The van der Waals surface area contributed by atoms with Crippen molar-refractivity contribution in [2.24, 2.45) is 0 Å². The predicted molar refractivity (Wildman–Crippen MR) is 86.5 cm³/mol. The van der Waals surface area contributed by atoms with Gasteiger partial charge in [-0.05, 0) is 37.8 Å². The Hall–Kier alpha value is -1.56. The van der Waals surface area contributed by atoms with Crippen LogP contribution in [0, 0.1) is 0 Å². The number of nitrogens with zero attached hydrogens (tertiary/aromatic N) is 1. The Balaban J connectivity index is 1.86. The van der Waals surface area contributed by atoms with Gasteiger partial charge in [-0.1, -0.05) is 25.1 Å². The van der Waals surface area contributed by atoms with Gasteiger partial charge in [-0.25, -0.2) is 13.2 Å². The van der Waals surface area contributed by atoms with E-state index in [1.807, 2.05) is 4.90 Å². The molecule has 0 radical (unpaired) electrons. The Morgan fingerprint density at radius 3 is 2.68 bits per heavy atom. The average molecular weight is 324 g/mol. The molecule has 0 aromatic heterocycles. The molecule has 6 heteroatoms. The van der Waals surface area contributed by atoms with Crippen molar-refractivity contribution in [1.82, 2.24) is 10.2 Å². The van der Waals surface area contributed by atoms with Gasteiger partial charge in [0, 0.05) is 19.1 Å². The summed E-state index contributed by atoms with van der Waals surface area (Å²) < 4.78 is 24.3. The molecule has 122 valence electrons. The minimum absolute atomic E-state index is 0.0760. The van der Waals surface area contributed by atoms with Crippen LogP contribution in [-0.4, -0.2) is 44.2 Å². The lowest BCUT2D eigenvalue weighted by molar-refractivity contribution is 0.149. The van der Waals surface area contributed by atoms with Gasteiger partial charge in [-0.3, -0.25) is 0 Å². The van der Waals surface area contributed by atoms with Crippen molar-refractivity contribution in [3.05, 3.63) is 30.3 Å². The van der Waals surface area contributed by atoms with Crippen molar-refractivity contribution in [2.45, 2.75) is 43.5 Å². The first-order chi connectivity index (χ1) is 10.5. The number of sulfone groups is 1.